The van der Waals surface area contributed by atoms with Gasteiger partial charge >= 0.3 is 5.97 Å². The lowest BCUT2D eigenvalue weighted by molar-refractivity contribution is -0.136. The van der Waals surface area contributed by atoms with Gasteiger partial charge in [0.15, 0.2) is 0 Å². The predicted molar refractivity (Wildman–Crippen MR) is 71.2 cm³/mol. The number of carboxylic acids is 1. The first-order valence-corrected chi connectivity index (χ1v) is 5.86. The number of aliphatic carboxylic acids is 1. The fourth-order valence-corrected chi connectivity index (χ4v) is 1.93. The molecule has 1 aromatic rings. The lowest BCUT2D eigenvalue weighted by Gasteiger charge is -2.08. The van der Waals surface area contributed by atoms with Crippen LogP contribution in [0.1, 0.15) is 24.8 Å². The van der Waals surface area contributed by atoms with Crippen molar-refractivity contribution in [2.45, 2.75) is 25.7 Å². The van der Waals surface area contributed by atoms with Crippen LogP contribution < -0.4 is 5.32 Å². The van der Waals surface area contributed by atoms with Crippen molar-refractivity contribution < 1.29 is 15.4 Å². The van der Waals surface area contributed by atoms with E-state index < -0.39 is 5.97 Å². The van der Waals surface area contributed by atoms with Gasteiger partial charge in [0.05, 0.1) is 13.0 Å². The van der Waals surface area contributed by atoms with E-state index in [0.717, 1.165) is 30.8 Å². The summed E-state index contributed by atoms with van der Waals surface area (Å²) in [5.74, 6) is 0.0968. The van der Waals surface area contributed by atoms with Crippen molar-refractivity contribution in [3.63, 3.8) is 0 Å². The van der Waals surface area contributed by atoms with Crippen LogP contribution in [-0.2, 0) is 11.2 Å². The fourth-order valence-electron chi connectivity index (χ4n) is 1.93. The molecule has 1 aliphatic heterocycles. The van der Waals surface area contributed by atoms with Gasteiger partial charge in [-0.25, -0.2) is 0 Å². The molecule has 2 rings (SSSR count). The average Bonchev–Trinajstić information content (AvgIpc) is 2.50. The zero-order valence-corrected chi connectivity index (χ0v) is 10.1. The summed E-state index contributed by atoms with van der Waals surface area (Å²) >= 11 is 0. The molecule has 0 bridgehead atoms. The van der Waals surface area contributed by atoms with Crippen molar-refractivity contribution in [3.8, 4) is 0 Å². The zero-order chi connectivity index (χ0) is 12.1. The number of amidine groups is 1. The number of nitrogens with zero attached hydrogens (tertiary/aromatic N) is 1. The van der Waals surface area contributed by atoms with E-state index in [4.69, 9.17) is 5.11 Å². The van der Waals surface area contributed by atoms with Crippen LogP contribution in [0.2, 0.25) is 0 Å². The second-order valence-corrected chi connectivity index (χ2v) is 4.11. The molecule has 1 heterocycles. The van der Waals surface area contributed by atoms with E-state index in [1.807, 2.05) is 18.2 Å². The van der Waals surface area contributed by atoms with Gasteiger partial charge in [0, 0.05) is 12.1 Å². The van der Waals surface area contributed by atoms with Crippen molar-refractivity contribution in [2.75, 3.05) is 11.9 Å². The van der Waals surface area contributed by atoms with Gasteiger partial charge in [-0.05, 0) is 24.5 Å². The summed E-state index contributed by atoms with van der Waals surface area (Å²) in [6.45, 7) is 0.347. The van der Waals surface area contributed by atoms with Crippen molar-refractivity contribution in [3.05, 3.63) is 29.8 Å². The van der Waals surface area contributed by atoms with Gasteiger partial charge in [-0.15, -0.1) is 0 Å². The quantitative estimate of drug-likeness (QED) is 0.850. The summed E-state index contributed by atoms with van der Waals surface area (Å²) in [6, 6.07) is 8.18. The van der Waals surface area contributed by atoms with Gasteiger partial charge in [-0.3, -0.25) is 9.79 Å². The first-order valence-electron chi connectivity index (χ1n) is 5.86. The van der Waals surface area contributed by atoms with Crippen LogP contribution in [0.25, 0.3) is 0 Å². The molecule has 0 spiro atoms. The second kappa shape index (κ2) is 6.76. The Morgan fingerprint density at radius 1 is 1.33 bits per heavy atom. The lowest BCUT2D eigenvalue weighted by Crippen LogP contribution is -2.12. The molecule has 5 nitrogen and oxygen atoms in total. The lowest BCUT2D eigenvalue weighted by atomic mass is 10.1. The molecule has 1 aliphatic rings. The van der Waals surface area contributed by atoms with Gasteiger partial charge in [-0.2, -0.15) is 0 Å². The van der Waals surface area contributed by atoms with E-state index in [0.29, 0.717) is 6.54 Å². The molecule has 0 unspecified atom stereocenters. The molecular formula is C13H18N2O3. The van der Waals surface area contributed by atoms with Crippen molar-refractivity contribution in [2.24, 2.45) is 4.99 Å². The summed E-state index contributed by atoms with van der Waals surface area (Å²) in [5, 5.41) is 11.9. The summed E-state index contributed by atoms with van der Waals surface area (Å²) < 4.78 is 0. The summed E-state index contributed by atoms with van der Waals surface area (Å²) in [7, 11) is 0. The van der Waals surface area contributed by atoms with E-state index in [1.165, 1.54) is 5.56 Å². The normalized spacial score (nSPS) is 16.1. The van der Waals surface area contributed by atoms with E-state index in [9.17, 15) is 4.79 Å². The Labute approximate surface area is 106 Å². The molecule has 0 aliphatic carbocycles. The molecule has 0 saturated heterocycles. The first-order chi connectivity index (χ1) is 8.25. The van der Waals surface area contributed by atoms with Crippen LogP contribution >= 0.6 is 0 Å². The maximum Gasteiger partial charge on any atom is 0.305 e. The summed E-state index contributed by atoms with van der Waals surface area (Å²) in [5.41, 5.74) is 2.40. The van der Waals surface area contributed by atoms with Gasteiger partial charge in [0.1, 0.15) is 5.84 Å². The number of hydrogen-bond donors (Lipinski definition) is 2. The maximum absolute atomic E-state index is 10.4. The second-order valence-electron chi connectivity index (χ2n) is 4.11. The minimum absolute atomic E-state index is 0. The van der Waals surface area contributed by atoms with Crippen LogP contribution in [0.4, 0.5) is 5.69 Å². The van der Waals surface area contributed by atoms with Crippen LogP contribution in [0, 0.1) is 0 Å². The highest BCUT2D eigenvalue weighted by Gasteiger charge is 2.10. The Morgan fingerprint density at radius 3 is 2.89 bits per heavy atom. The Morgan fingerprint density at radius 2 is 2.11 bits per heavy atom. The average molecular weight is 250 g/mol. The largest absolute Gasteiger partial charge is 0.481 e. The molecule has 0 amide bonds. The Balaban J connectivity index is 0.00000162. The third-order valence-corrected chi connectivity index (χ3v) is 2.78. The van der Waals surface area contributed by atoms with Crippen LogP contribution in [0.5, 0.6) is 0 Å². The summed E-state index contributed by atoms with van der Waals surface area (Å²) in [4.78, 5) is 14.7. The molecule has 1 aromatic carbocycles. The Bertz CT molecular complexity index is 444. The van der Waals surface area contributed by atoms with E-state index in [1.54, 1.807) is 0 Å². The minimum atomic E-state index is -0.802. The number of para-hydroxylation sites is 1. The number of rotatable bonds is 3. The number of aryl methyl sites for hydroxylation is 1. The predicted octanol–water partition coefficient (Wildman–Crippen LogP) is 1.48. The number of fused-ring (bicyclic) bond motifs is 1. The highest BCUT2D eigenvalue weighted by molar-refractivity contribution is 5.96. The Hall–Kier alpha value is -1.88. The molecule has 5 heteroatoms. The van der Waals surface area contributed by atoms with Gasteiger partial charge in [0.2, 0.25) is 0 Å². The molecule has 0 fully saturated rings. The highest BCUT2D eigenvalue weighted by atomic mass is 16.4. The number of nitrogens with one attached hydrogen (secondary N) is 1. The van der Waals surface area contributed by atoms with Crippen molar-refractivity contribution >= 4 is 17.5 Å². The number of benzene rings is 1. The van der Waals surface area contributed by atoms with E-state index in [2.05, 4.69) is 16.4 Å². The van der Waals surface area contributed by atoms with E-state index >= 15 is 0 Å². The highest BCUT2D eigenvalue weighted by Crippen LogP contribution is 2.21. The van der Waals surface area contributed by atoms with Crippen LogP contribution in [0.3, 0.4) is 0 Å². The third kappa shape index (κ3) is 3.85. The SMILES string of the molecule is O.O=C(O)CCN=C1CCCc2ccccc2N1. The Kier molecular flexibility index (Phi) is 5.32. The summed E-state index contributed by atoms with van der Waals surface area (Å²) in [6.07, 6.45) is 3.07. The smallest absolute Gasteiger partial charge is 0.305 e. The number of carbonyl (C=O) groups is 1. The zero-order valence-electron chi connectivity index (χ0n) is 10.1. The van der Waals surface area contributed by atoms with Crippen molar-refractivity contribution in [1.29, 1.82) is 0 Å². The van der Waals surface area contributed by atoms with Crippen LogP contribution in [-0.4, -0.2) is 28.9 Å². The first kappa shape index (κ1) is 14.2. The molecule has 98 valence electrons. The van der Waals surface area contributed by atoms with Crippen LogP contribution in [0.15, 0.2) is 29.3 Å². The van der Waals surface area contributed by atoms with Gasteiger partial charge < -0.3 is 15.9 Å². The van der Waals surface area contributed by atoms with Gasteiger partial charge in [0.25, 0.3) is 0 Å². The molecule has 0 atom stereocenters. The molecule has 0 radical (unpaired) electrons. The molecular weight excluding hydrogens is 232 g/mol. The van der Waals surface area contributed by atoms with E-state index in [-0.39, 0.29) is 11.9 Å². The third-order valence-electron chi connectivity index (χ3n) is 2.78. The van der Waals surface area contributed by atoms with Crippen molar-refractivity contribution in [1.82, 2.24) is 0 Å². The topological polar surface area (TPSA) is 93.2 Å². The minimum Gasteiger partial charge on any atom is -0.481 e. The monoisotopic (exact) mass is 250 g/mol. The molecule has 0 aromatic heterocycles. The number of hydrogen-bond acceptors (Lipinski definition) is 2. The molecule has 4 N–H and O–H groups in total. The van der Waals surface area contributed by atoms with Gasteiger partial charge in [-0.1, -0.05) is 18.2 Å². The molecule has 0 saturated carbocycles. The maximum atomic E-state index is 10.4. The standard InChI is InChI=1S/C13H16N2O2.H2O/c16-13(17)8-9-14-12-7-3-5-10-4-1-2-6-11(10)15-12;/h1-2,4,6H,3,5,7-9H2,(H,14,15)(H,16,17);1H2. The number of carboxylic acid groups (broad SMARTS) is 1. The molecule has 18 heavy (non-hydrogen) atoms. The number of anilines is 1. The number of aliphatic imine (C=N–C) groups is 1. The fraction of sp³-hybridized carbons (Fsp3) is 0.385.